The van der Waals surface area contributed by atoms with E-state index in [2.05, 4.69) is 11.9 Å². The van der Waals surface area contributed by atoms with Crippen LogP contribution in [0.2, 0.25) is 0 Å². The molecule has 0 aromatic carbocycles. The molecule has 0 fully saturated rings. The van der Waals surface area contributed by atoms with Crippen LogP contribution in [0.15, 0.2) is 4.99 Å². The summed E-state index contributed by atoms with van der Waals surface area (Å²) in [6, 6.07) is 0. The van der Waals surface area contributed by atoms with Gasteiger partial charge in [-0.15, -0.1) is 11.6 Å². The first-order chi connectivity index (χ1) is 8.56. The second-order valence-corrected chi connectivity index (χ2v) is 6.25. The fourth-order valence-corrected chi connectivity index (χ4v) is 2.79. The van der Waals surface area contributed by atoms with Crippen LogP contribution in [0.5, 0.6) is 0 Å². The number of aliphatic imine (C=N–C) groups is 1. The molecule has 0 aliphatic rings. The average Bonchev–Trinajstić information content (AvgIpc) is 2.36. The third-order valence-corrected chi connectivity index (χ3v) is 4.25. The van der Waals surface area contributed by atoms with Crippen molar-refractivity contribution in [2.45, 2.75) is 30.3 Å². The highest BCUT2D eigenvalue weighted by molar-refractivity contribution is 6.17. The summed E-state index contributed by atoms with van der Waals surface area (Å²) in [5.41, 5.74) is 5.38. The van der Waals surface area contributed by atoms with E-state index >= 15 is 0 Å². The Morgan fingerprint density at radius 3 is 2.67 bits per heavy atom. The molecule has 0 spiro atoms. The number of nitrogens with one attached hydrogen (secondary N) is 1. The van der Waals surface area contributed by atoms with E-state index in [4.69, 9.17) is 27.5 Å². The third kappa shape index (κ3) is 7.66. The van der Waals surface area contributed by atoms with E-state index < -0.39 is 0 Å². The molecule has 0 bridgehead atoms. The van der Waals surface area contributed by atoms with Gasteiger partial charge in [0, 0.05) is 18.3 Å². The summed E-state index contributed by atoms with van der Waals surface area (Å²) >= 11 is 7.61. The fraction of sp³-hybridized carbons (Fsp3) is 0.833. The van der Waals surface area contributed by atoms with Crippen molar-refractivity contribution in [1.82, 2.24) is 0 Å². The topological polar surface area (TPSA) is 71.5 Å². The minimum absolute atomic E-state index is 0.151. The Balaban J connectivity index is 4.32. The van der Waals surface area contributed by atoms with E-state index in [9.17, 15) is 0 Å². The van der Waals surface area contributed by atoms with Crippen molar-refractivity contribution in [2.24, 2.45) is 22.6 Å². The van der Waals surface area contributed by atoms with Gasteiger partial charge in [0.15, 0.2) is 3.92 Å². The Bertz CT molecular complexity index is 253. The summed E-state index contributed by atoms with van der Waals surface area (Å²) in [4.78, 5) is 4.10. The second kappa shape index (κ2) is 11.1. The van der Waals surface area contributed by atoms with Gasteiger partial charge in [0.05, 0.1) is 25.3 Å². The summed E-state index contributed by atoms with van der Waals surface area (Å²) in [6.45, 7) is 5.08. The lowest BCUT2D eigenvalue weighted by atomic mass is 9.93. The molecule has 0 heterocycles. The van der Waals surface area contributed by atoms with Gasteiger partial charge in [-0.3, -0.25) is 4.99 Å². The number of halogens is 2. The minimum atomic E-state index is 0.151. The van der Waals surface area contributed by atoms with Gasteiger partial charge < -0.3 is 15.9 Å². The first-order valence-electron chi connectivity index (χ1n) is 6.10. The van der Waals surface area contributed by atoms with Crippen LogP contribution in [-0.4, -0.2) is 41.6 Å². The first-order valence-corrected chi connectivity index (χ1v) is 7.98. The lowest BCUT2D eigenvalue weighted by molar-refractivity contribution is -0.403. The number of nitrogens with two attached hydrogens (primary N) is 1. The zero-order valence-electron chi connectivity index (χ0n) is 11.0. The van der Waals surface area contributed by atoms with Crippen molar-refractivity contribution in [2.75, 3.05) is 19.2 Å². The Kier molecular flexibility index (Phi) is 11.3. The molecule has 1 unspecified atom stereocenters. The van der Waals surface area contributed by atoms with E-state index in [1.165, 1.54) is 6.21 Å². The van der Waals surface area contributed by atoms with Crippen LogP contribution in [0.25, 0.3) is 0 Å². The Labute approximate surface area is 128 Å². The van der Waals surface area contributed by atoms with Crippen LogP contribution >= 0.6 is 11.6 Å². The van der Waals surface area contributed by atoms with Gasteiger partial charge >= 0.3 is 0 Å². The average molecular weight is 389 g/mol. The minimum Gasteiger partial charge on any atom is -0.378 e. The van der Waals surface area contributed by atoms with E-state index in [-0.39, 0.29) is 15.9 Å². The quantitative estimate of drug-likeness (QED) is 0.273. The molecule has 4 atom stereocenters. The maximum atomic E-state index is 7.38. The molecule has 0 aromatic heterocycles. The predicted octanol–water partition coefficient (Wildman–Crippen LogP) is -1.44. The van der Waals surface area contributed by atoms with Gasteiger partial charge in [-0.1, -0.05) is 6.92 Å². The lowest BCUT2D eigenvalue weighted by Gasteiger charge is -2.21. The van der Waals surface area contributed by atoms with Crippen molar-refractivity contribution in [3.05, 3.63) is 0 Å². The van der Waals surface area contributed by atoms with Gasteiger partial charge in [0.1, 0.15) is 0 Å². The number of hydrogen-bond acceptors (Lipinski definition) is 4. The molecule has 0 amide bonds. The third-order valence-electron chi connectivity index (χ3n) is 2.74. The summed E-state index contributed by atoms with van der Waals surface area (Å²) < 4.78 is 5.90. The molecule has 0 aliphatic carbocycles. The summed E-state index contributed by atoms with van der Waals surface area (Å²) in [5.74, 6) is 1.11. The van der Waals surface area contributed by atoms with Crippen molar-refractivity contribution in [1.29, 1.82) is 5.41 Å². The van der Waals surface area contributed by atoms with Gasteiger partial charge in [-0.05, 0) is 19.3 Å². The number of rotatable bonds is 10. The smallest absolute Gasteiger partial charge is 0.262 e. The van der Waals surface area contributed by atoms with Crippen molar-refractivity contribution in [3.8, 4) is 0 Å². The highest BCUT2D eigenvalue weighted by Crippen LogP contribution is 2.13. The number of hydrogen-bond donors (Lipinski definition) is 2. The monoisotopic (exact) mass is 388 g/mol. The van der Waals surface area contributed by atoms with Crippen LogP contribution in [0.3, 0.4) is 0 Å². The van der Waals surface area contributed by atoms with E-state index in [0.29, 0.717) is 25.1 Å². The molecule has 0 saturated carbocycles. The first kappa shape index (κ1) is 18.3. The SMILES string of the molecule is CC(CCCl)OC[C@@H](C)[C@@H](/C=N\CN)[C@H]([IH+])C=N. The highest BCUT2D eigenvalue weighted by Gasteiger charge is 2.28. The molecule has 6 heteroatoms. The molecular weight excluding hydrogens is 365 g/mol. The Morgan fingerprint density at radius 1 is 1.50 bits per heavy atom. The normalized spacial score (nSPS) is 18.5. The van der Waals surface area contributed by atoms with Gasteiger partial charge in [0.2, 0.25) is 0 Å². The number of ether oxygens (including phenoxy) is 1. The molecule has 0 radical (unpaired) electrons. The molecule has 0 rings (SSSR count). The van der Waals surface area contributed by atoms with Crippen LogP contribution in [0.4, 0.5) is 0 Å². The van der Waals surface area contributed by atoms with Crippen molar-refractivity contribution in [3.63, 3.8) is 0 Å². The van der Waals surface area contributed by atoms with Gasteiger partial charge in [0.25, 0.3) is 22.6 Å². The predicted molar refractivity (Wildman–Crippen MR) is 74.9 cm³/mol. The van der Waals surface area contributed by atoms with Crippen molar-refractivity contribution < 1.29 is 27.3 Å². The largest absolute Gasteiger partial charge is 0.378 e. The molecule has 18 heavy (non-hydrogen) atoms. The zero-order chi connectivity index (χ0) is 14.0. The fourth-order valence-electron chi connectivity index (χ4n) is 1.51. The van der Waals surface area contributed by atoms with Crippen molar-refractivity contribution >= 4 is 24.0 Å². The number of alkyl halides is 2. The molecule has 0 saturated heterocycles. The Hall–Kier alpha value is 0.280. The van der Waals surface area contributed by atoms with E-state index in [1.807, 2.05) is 35.7 Å². The van der Waals surface area contributed by atoms with Crippen LogP contribution in [-0.2, 0) is 4.74 Å². The van der Waals surface area contributed by atoms with Crippen LogP contribution < -0.4 is 28.3 Å². The van der Waals surface area contributed by atoms with Gasteiger partial charge in [-0.25, -0.2) is 0 Å². The van der Waals surface area contributed by atoms with E-state index in [1.54, 1.807) is 0 Å². The van der Waals surface area contributed by atoms with Crippen LogP contribution in [0, 0.1) is 17.2 Å². The molecule has 3 N–H and O–H groups in total. The highest BCUT2D eigenvalue weighted by atomic mass is 127. The standard InChI is InChI=1S/C12H24ClIN3O/c1-9(7-18-10(2)3-4-13)11(6-17-8-16)12(14)5-15/h5-6,9-12,14-15H,3-4,7-8,16H2,1-2H3/q+1/b15-5?,17-6-/t9-,10?,11-,12-/m1/s1. The zero-order valence-corrected chi connectivity index (χ0v) is 14.1. The molecule has 106 valence electrons. The summed E-state index contributed by atoms with van der Waals surface area (Å²) in [5, 5.41) is 7.38. The maximum Gasteiger partial charge on any atom is 0.262 e. The second-order valence-electron chi connectivity index (χ2n) is 4.32. The van der Waals surface area contributed by atoms with Gasteiger partial charge in [-0.2, -0.15) is 0 Å². The molecular formula is C12H24ClIN3O+. The molecule has 4 nitrogen and oxygen atoms in total. The Morgan fingerprint density at radius 2 is 2.17 bits per heavy atom. The lowest BCUT2D eigenvalue weighted by Crippen LogP contribution is -3.40. The molecule has 0 aliphatic heterocycles. The summed E-state index contributed by atoms with van der Waals surface area (Å²) in [7, 11) is 0. The molecule has 0 aromatic rings. The van der Waals surface area contributed by atoms with Crippen LogP contribution in [0.1, 0.15) is 20.3 Å². The van der Waals surface area contributed by atoms with E-state index in [0.717, 1.165) is 6.42 Å². The maximum absolute atomic E-state index is 7.38. The summed E-state index contributed by atoms with van der Waals surface area (Å²) in [6.07, 6.45) is 4.35. The number of nitrogens with zero attached hydrogens (tertiary/aromatic N) is 1.